The highest BCUT2D eigenvalue weighted by molar-refractivity contribution is 6.04. The second-order valence-electron chi connectivity index (χ2n) is 7.76. The van der Waals surface area contributed by atoms with Crippen molar-refractivity contribution in [3.63, 3.8) is 0 Å². The van der Waals surface area contributed by atoms with E-state index in [9.17, 15) is 22.8 Å². The molecule has 0 radical (unpaired) electrons. The zero-order valence-corrected chi connectivity index (χ0v) is 16.8. The number of fused-ring (bicyclic) bond motifs is 1. The Kier molecular flexibility index (Phi) is 5.39. The molecule has 1 aliphatic rings. The largest absolute Gasteiger partial charge is 0.416 e. The molecule has 0 saturated carbocycles. The summed E-state index contributed by atoms with van der Waals surface area (Å²) in [5, 5.41) is 2.66. The lowest BCUT2D eigenvalue weighted by Gasteiger charge is -2.11. The number of halogens is 3. The first-order valence-electron chi connectivity index (χ1n) is 9.95. The molecule has 1 unspecified atom stereocenters. The molecule has 0 spiro atoms. The van der Waals surface area contributed by atoms with Gasteiger partial charge in [0.15, 0.2) is 5.78 Å². The molecule has 0 saturated heterocycles. The first kappa shape index (κ1) is 20.8. The molecule has 3 aromatic carbocycles. The topological polar surface area (TPSA) is 46.2 Å². The maximum absolute atomic E-state index is 12.8. The third kappa shape index (κ3) is 4.24. The molecule has 1 aliphatic carbocycles. The minimum atomic E-state index is -4.42. The van der Waals surface area contributed by atoms with Gasteiger partial charge in [-0.15, -0.1) is 0 Å². The van der Waals surface area contributed by atoms with Gasteiger partial charge in [0.2, 0.25) is 0 Å². The molecule has 0 heterocycles. The summed E-state index contributed by atoms with van der Waals surface area (Å²) in [5.74, 6) is -0.245. The third-order valence-corrected chi connectivity index (χ3v) is 5.56. The summed E-state index contributed by atoms with van der Waals surface area (Å²) >= 11 is 0. The number of Topliss-reactive ketones (excluding diaryl/α,β-unsaturated/α-hetero) is 1. The van der Waals surface area contributed by atoms with E-state index < -0.39 is 11.7 Å². The summed E-state index contributed by atoms with van der Waals surface area (Å²) in [6, 6.07) is 17.6. The number of carbonyl (C=O) groups excluding carboxylic acids is 2. The van der Waals surface area contributed by atoms with Crippen molar-refractivity contribution in [2.45, 2.75) is 26.1 Å². The molecule has 0 aromatic heterocycles. The number of rotatable bonds is 4. The van der Waals surface area contributed by atoms with Gasteiger partial charge < -0.3 is 5.32 Å². The minimum Gasteiger partial charge on any atom is -0.348 e. The Morgan fingerprint density at radius 1 is 1.00 bits per heavy atom. The second-order valence-corrected chi connectivity index (χ2v) is 7.76. The Morgan fingerprint density at radius 3 is 2.39 bits per heavy atom. The minimum absolute atomic E-state index is 0.00328. The van der Waals surface area contributed by atoms with Gasteiger partial charge in [-0.1, -0.05) is 49.4 Å². The van der Waals surface area contributed by atoms with Gasteiger partial charge in [0.25, 0.3) is 5.91 Å². The molecule has 158 valence electrons. The van der Waals surface area contributed by atoms with Crippen LogP contribution in [-0.4, -0.2) is 11.7 Å². The Hall–Kier alpha value is -3.41. The Balaban J connectivity index is 1.47. The highest BCUT2D eigenvalue weighted by Gasteiger charge is 2.30. The fourth-order valence-electron chi connectivity index (χ4n) is 3.92. The molecule has 31 heavy (non-hydrogen) atoms. The molecule has 3 nitrogen and oxygen atoms in total. The van der Waals surface area contributed by atoms with Crippen LogP contribution in [0.5, 0.6) is 0 Å². The highest BCUT2D eigenvalue weighted by atomic mass is 19.4. The van der Waals surface area contributed by atoms with Crippen LogP contribution < -0.4 is 5.32 Å². The number of ketones is 1. The molecule has 1 amide bonds. The van der Waals surface area contributed by atoms with Crippen LogP contribution in [0.1, 0.15) is 44.3 Å². The van der Waals surface area contributed by atoms with E-state index in [4.69, 9.17) is 0 Å². The molecule has 0 fully saturated rings. The number of alkyl halides is 3. The molecule has 1 N–H and O–H groups in total. The predicted octanol–water partition coefficient (Wildman–Crippen LogP) is 5.68. The molecule has 4 rings (SSSR count). The van der Waals surface area contributed by atoms with Crippen LogP contribution in [0.3, 0.4) is 0 Å². The van der Waals surface area contributed by atoms with Crippen molar-refractivity contribution >= 4 is 11.7 Å². The predicted molar refractivity (Wildman–Crippen MR) is 112 cm³/mol. The van der Waals surface area contributed by atoms with Crippen molar-refractivity contribution in [3.8, 4) is 11.1 Å². The lowest BCUT2D eigenvalue weighted by molar-refractivity contribution is -0.137. The Labute approximate surface area is 177 Å². The zero-order chi connectivity index (χ0) is 22.2. The maximum Gasteiger partial charge on any atom is 0.416 e. The van der Waals surface area contributed by atoms with Gasteiger partial charge in [-0.05, 0) is 52.9 Å². The van der Waals surface area contributed by atoms with E-state index in [1.165, 1.54) is 12.1 Å². The van der Waals surface area contributed by atoms with Gasteiger partial charge in [0.1, 0.15) is 0 Å². The third-order valence-electron chi connectivity index (χ3n) is 5.56. The quantitative estimate of drug-likeness (QED) is 0.587. The molecule has 3 aromatic rings. The van der Waals surface area contributed by atoms with Crippen molar-refractivity contribution in [1.29, 1.82) is 0 Å². The van der Waals surface area contributed by atoms with Crippen LogP contribution in [0, 0.1) is 5.92 Å². The summed E-state index contributed by atoms with van der Waals surface area (Å²) in [6.45, 7) is 1.92. The highest BCUT2D eigenvalue weighted by Crippen LogP contribution is 2.35. The number of benzene rings is 3. The smallest absolute Gasteiger partial charge is 0.348 e. The first-order valence-corrected chi connectivity index (χ1v) is 9.95. The van der Waals surface area contributed by atoms with Gasteiger partial charge >= 0.3 is 6.18 Å². The summed E-state index contributed by atoms with van der Waals surface area (Å²) in [6.07, 6.45) is -3.72. The van der Waals surface area contributed by atoms with Crippen molar-refractivity contribution in [2.75, 3.05) is 0 Å². The van der Waals surface area contributed by atoms with Crippen LogP contribution >= 0.6 is 0 Å². The van der Waals surface area contributed by atoms with Crippen molar-refractivity contribution in [3.05, 3.63) is 94.5 Å². The molecule has 1 atom stereocenters. The van der Waals surface area contributed by atoms with E-state index in [1.807, 2.05) is 37.3 Å². The van der Waals surface area contributed by atoms with Crippen LogP contribution in [0.15, 0.2) is 66.7 Å². The van der Waals surface area contributed by atoms with Crippen molar-refractivity contribution < 1.29 is 22.8 Å². The summed E-state index contributed by atoms with van der Waals surface area (Å²) in [7, 11) is 0. The number of amides is 1. The van der Waals surface area contributed by atoms with E-state index in [0.717, 1.165) is 34.4 Å². The number of hydrogen-bond acceptors (Lipinski definition) is 2. The van der Waals surface area contributed by atoms with Crippen LogP contribution in [0.2, 0.25) is 0 Å². The molecule has 6 heteroatoms. The van der Waals surface area contributed by atoms with Gasteiger partial charge in [-0.2, -0.15) is 13.2 Å². The molecule has 0 aliphatic heterocycles. The van der Waals surface area contributed by atoms with E-state index in [2.05, 4.69) is 5.32 Å². The average Bonchev–Trinajstić information content (AvgIpc) is 3.05. The monoisotopic (exact) mass is 423 g/mol. The maximum atomic E-state index is 12.8. The summed E-state index contributed by atoms with van der Waals surface area (Å²) in [5.41, 5.74) is 3.71. The normalized spacial score (nSPS) is 15.6. The average molecular weight is 423 g/mol. The van der Waals surface area contributed by atoms with Crippen molar-refractivity contribution in [2.24, 2.45) is 5.92 Å². The summed E-state index contributed by atoms with van der Waals surface area (Å²) in [4.78, 5) is 24.7. The van der Waals surface area contributed by atoms with Crippen LogP contribution in [0.25, 0.3) is 11.1 Å². The zero-order valence-electron chi connectivity index (χ0n) is 16.8. The second kappa shape index (κ2) is 8.02. The van der Waals surface area contributed by atoms with Gasteiger partial charge in [0, 0.05) is 23.6 Å². The SMILES string of the molecule is CC1Cc2c(cccc2-c2ccc(C(=O)NCc3cccc(C(F)(F)F)c3)cc2)C1=O. The Morgan fingerprint density at radius 2 is 1.68 bits per heavy atom. The molecule has 0 bridgehead atoms. The fraction of sp³-hybridized carbons (Fsp3) is 0.200. The lowest BCUT2D eigenvalue weighted by atomic mass is 9.96. The fourth-order valence-corrected chi connectivity index (χ4v) is 3.92. The standard InChI is InChI=1S/C25H20F3NO2/c1-15-12-22-20(6-3-7-21(22)23(15)30)17-8-10-18(11-9-17)24(31)29-14-16-4-2-5-19(13-16)25(26,27)28/h2-11,13,15H,12,14H2,1H3,(H,29,31). The van der Waals surface area contributed by atoms with E-state index in [0.29, 0.717) is 17.5 Å². The number of carbonyl (C=O) groups is 2. The first-order chi connectivity index (χ1) is 14.7. The van der Waals surface area contributed by atoms with E-state index in [1.54, 1.807) is 12.1 Å². The molecular formula is C25H20F3NO2. The van der Waals surface area contributed by atoms with Gasteiger partial charge in [-0.3, -0.25) is 9.59 Å². The van der Waals surface area contributed by atoms with Gasteiger partial charge in [-0.25, -0.2) is 0 Å². The Bertz CT molecular complexity index is 1150. The number of nitrogens with one attached hydrogen (secondary N) is 1. The van der Waals surface area contributed by atoms with E-state index in [-0.39, 0.29) is 24.2 Å². The number of hydrogen-bond donors (Lipinski definition) is 1. The van der Waals surface area contributed by atoms with Crippen LogP contribution in [0.4, 0.5) is 13.2 Å². The van der Waals surface area contributed by atoms with E-state index >= 15 is 0 Å². The van der Waals surface area contributed by atoms with Crippen LogP contribution in [-0.2, 0) is 19.1 Å². The van der Waals surface area contributed by atoms with Gasteiger partial charge in [0.05, 0.1) is 5.56 Å². The van der Waals surface area contributed by atoms with Crippen molar-refractivity contribution in [1.82, 2.24) is 5.32 Å². The summed E-state index contributed by atoms with van der Waals surface area (Å²) < 4.78 is 38.5. The molecular weight excluding hydrogens is 403 g/mol. The lowest BCUT2D eigenvalue weighted by Crippen LogP contribution is -2.23.